The summed E-state index contributed by atoms with van der Waals surface area (Å²) in [7, 11) is 0. The molecular weight excluding hydrogens is 197 g/mol. The maximum atomic E-state index is 13.1. The minimum Gasteiger partial charge on any atom is -0.306 e. The molecule has 1 heterocycles. The Kier molecular flexibility index (Phi) is 2.03. The predicted molar refractivity (Wildman–Crippen MR) is 56.0 cm³/mol. The van der Waals surface area contributed by atoms with E-state index in [2.05, 4.69) is 5.32 Å². The second-order valence-corrected chi connectivity index (χ2v) is 5.05. The number of hydrogen-bond donors (Lipinski definition) is 1. The summed E-state index contributed by atoms with van der Waals surface area (Å²) in [5.74, 6) is 0.934. The summed E-state index contributed by atoms with van der Waals surface area (Å²) in [5, 5.41) is 3.55. The van der Waals surface area contributed by atoms with Gasteiger partial charge in [0.15, 0.2) is 0 Å². The van der Waals surface area contributed by atoms with Crippen molar-refractivity contribution in [2.75, 3.05) is 5.75 Å². The molecule has 0 saturated heterocycles. The van der Waals surface area contributed by atoms with Gasteiger partial charge in [-0.15, -0.1) is 11.8 Å². The van der Waals surface area contributed by atoms with Crippen LogP contribution in [0.2, 0.25) is 0 Å². The van der Waals surface area contributed by atoms with Crippen molar-refractivity contribution in [3.63, 3.8) is 0 Å². The van der Waals surface area contributed by atoms with Crippen molar-refractivity contribution < 1.29 is 4.39 Å². The van der Waals surface area contributed by atoms with Gasteiger partial charge in [0, 0.05) is 22.7 Å². The van der Waals surface area contributed by atoms with E-state index in [1.807, 2.05) is 17.8 Å². The fraction of sp³-hybridized carbons (Fsp3) is 0.455. The first-order chi connectivity index (χ1) is 6.83. The van der Waals surface area contributed by atoms with Crippen LogP contribution >= 0.6 is 11.8 Å². The topological polar surface area (TPSA) is 12.0 Å². The number of halogens is 1. The molecular formula is C11H12FNS. The molecule has 1 N–H and O–H groups in total. The maximum Gasteiger partial charge on any atom is 0.123 e. The Morgan fingerprint density at radius 2 is 2.21 bits per heavy atom. The molecule has 1 aromatic carbocycles. The van der Waals surface area contributed by atoms with Crippen LogP contribution in [-0.4, -0.2) is 11.8 Å². The van der Waals surface area contributed by atoms with Crippen molar-refractivity contribution in [2.45, 2.75) is 29.8 Å². The molecule has 0 bridgehead atoms. The van der Waals surface area contributed by atoms with Gasteiger partial charge in [-0.1, -0.05) is 0 Å². The van der Waals surface area contributed by atoms with Gasteiger partial charge in [-0.3, -0.25) is 0 Å². The summed E-state index contributed by atoms with van der Waals surface area (Å²) >= 11 is 1.83. The molecule has 3 rings (SSSR count). The standard InChI is InChI=1S/C11H12FNS/c12-7-1-4-11-9(5-7)10(6-14-11)13-8-2-3-8/h1,4-5,8,10,13H,2-3,6H2. The molecule has 1 fully saturated rings. The quantitative estimate of drug-likeness (QED) is 0.803. The lowest BCUT2D eigenvalue weighted by Crippen LogP contribution is -2.23. The van der Waals surface area contributed by atoms with E-state index < -0.39 is 0 Å². The Morgan fingerprint density at radius 1 is 1.36 bits per heavy atom. The highest BCUT2D eigenvalue weighted by molar-refractivity contribution is 7.99. The summed E-state index contributed by atoms with van der Waals surface area (Å²) in [5.41, 5.74) is 1.15. The molecule has 1 saturated carbocycles. The summed E-state index contributed by atoms with van der Waals surface area (Å²) in [6, 6.07) is 6.18. The highest BCUT2D eigenvalue weighted by atomic mass is 32.2. The smallest absolute Gasteiger partial charge is 0.123 e. The molecule has 0 amide bonds. The van der Waals surface area contributed by atoms with Crippen molar-refractivity contribution in [1.82, 2.24) is 5.32 Å². The van der Waals surface area contributed by atoms with Gasteiger partial charge < -0.3 is 5.32 Å². The van der Waals surface area contributed by atoms with Crippen molar-refractivity contribution in [1.29, 1.82) is 0 Å². The highest BCUT2D eigenvalue weighted by Crippen LogP contribution is 2.39. The summed E-state index contributed by atoms with van der Waals surface area (Å²) in [6.07, 6.45) is 2.57. The zero-order valence-corrected chi connectivity index (χ0v) is 8.61. The van der Waals surface area contributed by atoms with Gasteiger partial charge in [-0.2, -0.15) is 0 Å². The first-order valence-corrected chi connectivity index (χ1v) is 6.00. The Labute approximate surface area is 87.1 Å². The van der Waals surface area contributed by atoms with Gasteiger partial charge >= 0.3 is 0 Å². The van der Waals surface area contributed by atoms with E-state index in [-0.39, 0.29) is 5.82 Å². The van der Waals surface area contributed by atoms with Crippen LogP contribution in [0, 0.1) is 5.82 Å². The minimum atomic E-state index is -0.117. The van der Waals surface area contributed by atoms with E-state index in [9.17, 15) is 4.39 Å². The Hall–Kier alpha value is -0.540. The molecule has 1 atom stereocenters. The molecule has 2 aliphatic rings. The van der Waals surface area contributed by atoms with Crippen molar-refractivity contribution in [3.05, 3.63) is 29.6 Å². The SMILES string of the molecule is Fc1ccc2c(c1)C(NC1CC1)CS2. The second kappa shape index (κ2) is 3.24. The lowest BCUT2D eigenvalue weighted by molar-refractivity contribution is 0.569. The van der Waals surface area contributed by atoms with Crippen LogP contribution in [0.1, 0.15) is 24.4 Å². The van der Waals surface area contributed by atoms with E-state index in [0.717, 1.165) is 11.3 Å². The Morgan fingerprint density at radius 3 is 3.00 bits per heavy atom. The van der Waals surface area contributed by atoms with Crippen molar-refractivity contribution in [2.24, 2.45) is 0 Å². The van der Waals surface area contributed by atoms with Crippen molar-refractivity contribution in [3.8, 4) is 0 Å². The first-order valence-electron chi connectivity index (χ1n) is 5.01. The number of fused-ring (bicyclic) bond motifs is 1. The van der Waals surface area contributed by atoms with Crippen LogP contribution < -0.4 is 5.32 Å². The van der Waals surface area contributed by atoms with Crippen molar-refractivity contribution >= 4 is 11.8 Å². The third kappa shape index (κ3) is 1.55. The highest BCUT2D eigenvalue weighted by Gasteiger charge is 2.29. The second-order valence-electron chi connectivity index (χ2n) is 3.99. The van der Waals surface area contributed by atoms with E-state index in [1.54, 1.807) is 12.1 Å². The van der Waals surface area contributed by atoms with Gasteiger partial charge in [0.25, 0.3) is 0 Å². The lowest BCUT2D eigenvalue weighted by Gasteiger charge is -2.11. The van der Waals surface area contributed by atoms with Gasteiger partial charge in [-0.05, 0) is 36.6 Å². The zero-order valence-electron chi connectivity index (χ0n) is 7.79. The number of rotatable bonds is 2. The molecule has 0 radical (unpaired) electrons. The molecule has 1 aliphatic carbocycles. The van der Waals surface area contributed by atoms with E-state index >= 15 is 0 Å². The van der Waals surface area contributed by atoms with Crippen LogP contribution in [0.25, 0.3) is 0 Å². The fourth-order valence-electron chi connectivity index (χ4n) is 1.86. The van der Waals surface area contributed by atoms with Crippen LogP contribution in [-0.2, 0) is 0 Å². The van der Waals surface area contributed by atoms with Gasteiger partial charge in [-0.25, -0.2) is 4.39 Å². The summed E-state index contributed by atoms with van der Waals surface area (Å²) in [6.45, 7) is 0. The molecule has 0 spiro atoms. The Balaban J connectivity index is 1.87. The number of thioether (sulfide) groups is 1. The number of hydrogen-bond acceptors (Lipinski definition) is 2. The maximum absolute atomic E-state index is 13.1. The molecule has 3 heteroatoms. The van der Waals surface area contributed by atoms with Gasteiger partial charge in [0.05, 0.1) is 0 Å². The third-order valence-electron chi connectivity index (χ3n) is 2.77. The van der Waals surface area contributed by atoms with Gasteiger partial charge in [0.2, 0.25) is 0 Å². The average Bonchev–Trinajstić information content (AvgIpc) is 2.90. The zero-order chi connectivity index (χ0) is 9.54. The van der Waals surface area contributed by atoms with Crippen LogP contribution in [0.4, 0.5) is 4.39 Å². The molecule has 1 aromatic rings. The normalized spacial score (nSPS) is 25.1. The molecule has 74 valence electrons. The van der Waals surface area contributed by atoms with E-state index in [4.69, 9.17) is 0 Å². The fourth-order valence-corrected chi connectivity index (χ4v) is 3.01. The molecule has 1 nitrogen and oxygen atoms in total. The first kappa shape index (κ1) is 8.74. The van der Waals surface area contributed by atoms with Gasteiger partial charge in [0.1, 0.15) is 5.82 Å². The van der Waals surface area contributed by atoms with Crippen LogP contribution in [0.5, 0.6) is 0 Å². The summed E-state index contributed by atoms with van der Waals surface area (Å²) < 4.78 is 13.1. The van der Waals surface area contributed by atoms with E-state index in [1.165, 1.54) is 17.7 Å². The Bertz CT molecular complexity index is 362. The molecule has 0 aromatic heterocycles. The lowest BCUT2D eigenvalue weighted by atomic mass is 10.1. The third-order valence-corrected chi connectivity index (χ3v) is 3.95. The van der Waals surface area contributed by atoms with E-state index in [0.29, 0.717) is 12.1 Å². The number of benzene rings is 1. The van der Waals surface area contributed by atoms with Crippen LogP contribution in [0.15, 0.2) is 23.1 Å². The monoisotopic (exact) mass is 209 g/mol. The van der Waals surface area contributed by atoms with Crippen LogP contribution in [0.3, 0.4) is 0 Å². The minimum absolute atomic E-state index is 0.117. The molecule has 14 heavy (non-hydrogen) atoms. The molecule has 1 unspecified atom stereocenters. The summed E-state index contributed by atoms with van der Waals surface area (Å²) in [4.78, 5) is 1.24. The molecule has 1 aliphatic heterocycles. The predicted octanol–water partition coefficient (Wildman–Crippen LogP) is 2.72. The largest absolute Gasteiger partial charge is 0.306 e. The number of nitrogens with one attached hydrogen (secondary N) is 1. The average molecular weight is 209 g/mol.